The Morgan fingerprint density at radius 2 is 1.95 bits per heavy atom. The normalized spacial score (nSPS) is 23.8. The zero-order chi connectivity index (χ0) is 13.7. The van der Waals surface area contributed by atoms with E-state index in [4.69, 9.17) is 0 Å². The van der Waals surface area contributed by atoms with E-state index in [1.165, 1.54) is 24.8 Å². The summed E-state index contributed by atoms with van der Waals surface area (Å²) in [6.45, 7) is 2.20. The molecule has 1 heterocycles. The third-order valence-electron chi connectivity index (χ3n) is 4.01. The minimum Gasteiger partial charge on any atom is -0.310 e. The van der Waals surface area contributed by atoms with Gasteiger partial charge in [0, 0.05) is 12.1 Å². The summed E-state index contributed by atoms with van der Waals surface area (Å²) in [7, 11) is 4.27. The van der Waals surface area contributed by atoms with E-state index in [0.717, 1.165) is 25.9 Å². The molecule has 1 atom stereocenters. The van der Waals surface area contributed by atoms with Gasteiger partial charge in [-0.1, -0.05) is 18.6 Å². The highest BCUT2D eigenvalue weighted by atomic mass is 19.1. The molecule has 1 N–H and O–H groups in total. The van der Waals surface area contributed by atoms with Gasteiger partial charge < -0.3 is 10.2 Å². The van der Waals surface area contributed by atoms with Crippen LogP contribution in [0.3, 0.4) is 0 Å². The van der Waals surface area contributed by atoms with Crippen LogP contribution in [0.2, 0.25) is 0 Å². The lowest BCUT2D eigenvalue weighted by Crippen LogP contribution is -2.54. The standard InChI is InChI=1S/C16H25FN2/c1-19(2)13-16(10-3-4-12-18-16)11-9-14-5-7-15(17)8-6-14/h5-8,18H,3-4,9-13H2,1-2H3. The minimum absolute atomic E-state index is 0.150. The predicted octanol–water partition coefficient (Wildman–Crippen LogP) is 2.83. The third kappa shape index (κ3) is 4.29. The molecule has 2 rings (SSSR count). The maximum atomic E-state index is 12.9. The number of aryl methyl sites for hydroxylation is 1. The number of piperidine rings is 1. The fraction of sp³-hybridized carbons (Fsp3) is 0.625. The Morgan fingerprint density at radius 3 is 2.53 bits per heavy atom. The number of halogens is 1. The molecule has 0 spiro atoms. The molecule has 0 aliphatic carbocycles. The largest absolute Gasteiger partial charge is 0.310 e. The molecule has 1 aliphatic heterocycles. The highest BCUT2D eigenvalue weighted by Crippen LogP contribution is 2.25. The van der Waals surface area contributed by atoms with Gasteiger partial charge in [-0.2, -0.15) is 0 Å². The molecule has 1 unspecified atom stereocenters. The molecule has 2 nitrogen and oxygen atoms in total. The first-order valence-electron chi connectivity index (χ1n) is 7.24. The second kappa shape index (κ2) is 6.49. The summed E-state index contributed by atoms with van der Waals surface area (Å²) in [6.07, 6.45) is 5.97. The smallest absolute Gasteiger partial charge is 0.123 e. The summed E-state index contributed by atoms with van der Waals surface area (Å²) in [4.78, 5) is 2.27. The molecule has 1 aromatic carbocycles. The third-order valence-corrected chi connectivity index (χ3v) is 4.01. The molecule has 0 radical (unpaired) electrons. The van der Waals surface area contributed by atoms with Gasteiger partial charge in [-0.05, 0) is 64.0 Å². The second-order valence-corrected chi connectivity index (χ2v) is 6.03. The van der Waals surface area contributed by atoms with E-state index in [1.807, 2.05) is 12.1 Å². The number of hydrogen-bond donors (Lipinski definition) is 1. The first kappa shape index (κ1) is 14.5. The van der Waals surface area contributed by atoms with Crippen molar-refractivity contribution < 1.29 is 4.39 Å². The zero-order valence-electron chi connectivity index (χ0n) is 12.1. The number of nitrogens with one attached hydrogen (secondary N) is 1. The Hall–Kier alpha value is -0.930. The molecule has 106 valence electrons. The Balaban J connectivity index is 1.97. The average Bonchev–Trinajstić information content (AvgIpc) is 2.38. The minimum atomic E-state index is -0.150. The molecule has 19 heavy (non-hydrogen) atoms. The van der Waals surface area contributed by atoms with E-state index in [-0.39, 0.29) is 11.4 Å². The fourth-order valence-electron chi connectivity index (χ4n) is 3.10. The summed E-state index contributed by atoms with van der Waals surface area (Å²) in [6, 6.07) is 6.92. The van der Waals surface area contributed by atoms with Crippen molar-refractivity contribution in [3.05, 3.63) is 35.6 Å². The quantitative estimate of drug-likeness (QED) is 0.880. The van der Waals surface area contributed by atoms with E-state index >= 15 is 0 Å². The van der Waals surface area contributed by atoms with Gasteiger partial charge in [0.05, 0.1) is 0 Å². The van der Waals surface area contributed by atoms with Crippen LogP contribution in [0.4, 0.5) is 4.39 Å². The van der Waals surface area contributed by atoms with Crippen LogP contribution in [0.1, 0.15) is 31.2 Å². The zero-order valence-corrected chi connectivity index (χ0v) is 12.1. The lowest BCUT2D eigenvalue weighted by atomic mass is 9.83. The van der Waals surface area contributed by atoms with Crippen molar-refractivity contribution in [1.29, 1.82) is 0 Å². The van der Waals surface area contributed by atoms with Crippen molar-refractivity contribution in [1.82, 2.24) is 10.2 Å². The first-order chi connectivity index (χ1) is 9.10. The lowest BCUT2D eigenvalue weighted by molar-refractivity contribution is 0.178. The van der Waals surface area contributed by atoms with E-state index < -0.39 is 0 Å². The highest BCUT2D eigenvalue weighted by Gasteiger charge is 2.31. The lowest BCUT2D eigenvalue weighted by Gasteiger charge is -2.40. The summed E-state index contributed by atoms with van der Waals surface area (Å²) in [5.74, 6) is -0.150. The predicted molar refractivity (Wildman–Crippen MR) is 77.9 cm³/mol. The maximum Gasteiger partial charge on any atom is 0.123 e. The molecule has 3 heteroatoms. The van der Waals surface area contributed by atoms with Gasteiger partial charge in [-0.25, -0.2) is 4.39 Å². The van der Waals surface area contributed by atoms with Crippen molar-refractivity contribution in [2.24, 2.45) is 0 Å². The van der Waals surface area contributed by atoms with Gasteiger partial charge in [0.15, 0.2) is 0 Å². The SMILES string of the molecule is CN(C)CC1(CCc2ccc(F)cc2)CCCCN1. The molecule has 1 aliphatic rings. The number of nitrogens with zero attached hydrogens (tertiary/aromatic N) is 1. The van der Waals surface area contributed by atoms with Crippen LogP contribution in [-0.2, 0) is 6.42 Å². The van der Waals surface area contributed by atoms with E-state index in [1.54, 1.807) is 12.1 Å². The maximum absolute atomic E-state index is 12.9. The van der Waals surface area contributed by atoms with Gasteiger partial charge in [-0.15, -0.1) is 0 Å². The summed E-state index contributed by atoms with van der Waals surface area (Å²) < 4.78 is 12.9. The van der Waals surface area contributed by atoms with E-state index in [2.05, 4.69) is 24.3 Å². The summed E-state index contributed by atoms with van der Waals surface area (Å²) >= 11 is 0. The molecule has 0 saturated carbocycles. The molecule has 1 aromatic rings. The Morgan fingerprint density at radius 1 is 1.21 bits per heavy atom. The molecule has 0 bridgehead atoms. The van der Waals surface area contributed by atoms with Crippen molar-refractivity contribution in [2.45, 2.75) is 37.6 Å². The van der Waals surface area contributed by atoms with E-state index in [9.17, 15) is 4.39 Å². The van der Waals surface area contributed by atoms with Crippen LogP contribution in [-0.4, -0.2) is 37.6 Å². The Kier molecular flexibility index (Phi) is 4.94. The van der Waals surface area contributed by atoms with Crippen LogP contribution in [0, 0.1) is 5.82 Å². The van der Waals surface area contributed by atoms with Gasteiger partial charge in [0.25, 0.3) is 0 Å². The Labute approximate surface area is 116 Å². The second-order valence-electron chi connectivity index (χ2n) is 6.03. The Bertz CT molecular complexity index is 380. The molecular weight excluding hydrogens is 239 g/mol. The van der Waals surface area contributed by atoms with Crippen molar-refractivity contribution in [3.8, 4) is 0 Å². The number of likely N-dealkylation sites (N-methyl/N-ethyl adjacent to an activating group) is 1. The monoisotopic (exact) mass is 264 g/mol. The fourth-order valence-corrected chi connectivity index (χ4v) is 3.10. The van der Waals surface area contributed by atoms with Gasteiger partial charge in [-0.3, -0.25) is 0 Å². The first-order valence-corrected chi connectivity index (χ1v) is 7.24. The topological polar surface area (TPSA) is 15.3 Å². The average molecular weight is 264 g/mol. The number of rotatable bonds is 5. The van der Waals surface area contributed by atoms with Crippen molar-refractivity contribution in [2.75, 3.05) is 27.2 Å². The molecule has 0 amide bonds. The van der Waals surface area contributed by atoms with Crippen LogP contribution in [0.15, 0.2) is 24.3 Å². The van der Waals surface area contributed by atoms with Crippen molar-refractivity contribution >= 4 is 0 Å². The van der Waals surface area contributed by atoms with E-state index in [0.29, 0.717) is 0 Å². The van der Waals surface area contributed by atoms with Crippen molar-refractivity contribution in [3.63, 3.8) is 0 Å². The van der Waals surface area contributed by atoms with Gasteiger partial charge in [0.1, 0.15) is 5.82 Å². The van der Waals surface area contributed by atoms with Crippen LogP contribution < -0.4 is 5.32 Å². The van der Waals surface area contributed by atoms with Gasteiger partial charge in [0.2, 0.25) is 0 Å². The number of hydrogen-bond acceptors (Lipinski definition) is 2. The highest BCUT2D eigenvalue weighted by molar-refractivity contribution is 5.17. The summed E-state index contributed by atoms with van der Waals surface area (Å²) in [5, 5.41) is 3.73. The molecule has 1 fully saturated rings. The number of benzene rings is 1. The summed E-state index contributed by atoms with van der Waals surface area (Å²) in [5.41, 5.74) is 1.46. The molecular formula is C16H25FN2. The molecule has 0 aromatic heterocycles. The van der Waals surface area contributed by atoms with Crippen LogP contribution in [0.5, 0.6) is 0 Å². The van der Waals surface area contributed by atoms with Crippen LogP contribution >= 0.6 is 0 Å². The van der Waals surface area contributed by atoms with Crippen LogP contribution in [0.25, 0.3) is 0 Å². The molecule has 1 saturated heterocycles. The van der Waals surface area contributed by atoms with Gasteiger partial charge >= 0.3 is 0 Å².